The largest absolute Gasteiger partial charge is 0.451 e. The number of carbonyl (C=O) groups is 3. The SMILES string of the molecule is O=C(O[C@H]1[C@@H]2OC(c3ccccc3)OC[C@H]2O[C@@H](Sc2ccccc2)[C@@]1(O)NN1C(=O)c2ccccc2C1=O)c1ccccc1. The Morgan fingerprint density at radius 3 is 2.04 bits per heavy atom. The molecule has 0 aliphatic carbocycles. The summed E-state index contributed by atoms with van der Waals surface area (Å²) in [6.45, 7) is 0.0541. The fraction of sp³-hybridized carbons (Fsp3) is 0.206. The summed E-state index contributed by atoms with van der Waals surface area (Å²) in [4.78, 5) is 41.3. The number of rotatable bonds is 7. The van der Waals surface area contributed by atoms with Gasteiger partial charge >= 0.3 is 5.97 Å². The molecule has 0 aromatic heterocycles. The summed E-state index contributed by atoms with van der Waals surface area (Å²) in [5.74, 6) is -2.07. The molecule has 4 aromatic rings. The van der Waals surface area contributed by atoms with Crippen LogP contribution in [0.3, 0.4) is 0 Å². The highest BCUT2D eigenvalue weighted by Crippen LogP contribution is 2.44. The van der Waals surface area contributed by atoms with Gasteiger partial charge in [-0.25, -0.2) is 9.80 Å². The van der Waals surface area contributed by atoms with Crippen LogP contribution in [0.4, 0.5) is 0 Å². The van der Waals surface area contributed by atoms with Crippen LogP contribution in [0.1, 0.15) is 42.9 Å². The molecule has 2 N–H and O–H groups in total. The van der Waals surface area contributed by atoms with Crippen LogP contribution >= 0.6 is 11.8 Å². The average molecular weight is 625 g/mol. The Morgan fingerprint density at radius 2 is 1.40 bits per heavy atom. The third-order valence-electron chi connectivity index (χ3n) is 7.84. The first-order valence-electron chi connectivity index (χ1n) is 14.4. The number of carbonyl (C=O) groups excluding carboxylic acids is 3. The van der Waals surface area contributed by atoms with Gasteiger partial charge in [0.2, 0.25) is 5.72 Å². The number of thioether (sulfide) groups is 1. The van der Waals surface area contributed by atoms with Gasteiger partial charge in [0.25, 0.3) is 11.8 Å². The van der Waals surface area contributed by atoms with E-state index in [1.54, 1.807) is 42.5 Å². The number of esters is 1. The van der Waals surface area contributed by atoms with Crippen LogP contribution in [0.5, 0.6) is 0 Å². The van der Waals surface area contributed by atoms with E-state index in [1.807, 2.05) is 60.7 Å². The summed E-state index contributed by atoms with van der Waals surface area (Å²) < 4.78 is 24.9. The van der Waals surface area contributed by atoms with E-state index in [1.165, 1.54) is 12.1 Å². The first-order chi connectivity index (χ1) is 21.9. The van der Waals surface area contributed by atoms with Crippen LogP contribution < -0.4 is 5.43 Å². The summed E-state index contributed by atoms with van der Waals surface area (Å²) in [6.07, 6.45) is -4.21. The summed E-state index contributed by atoms with van der Waals surface area (Å²) in [5, 5.41) is 13.5. The van der Waals surface area contributed by atoms with Crippen LogP contribution in [-0.2, 0) is 18.9 Å². The second-order valence-corrected chi connectivity index (χ2v) is 11.9. The minimum absolute atomic E-state index is 0.0541. The van der Waals surface area contributed by atoms with Crippen LogP contribution in [0, 0.1) is 0 Å². The number of amides is 2. The van der Waals surface area contributed by atoms with Gasteiger partial charge in [0.1, 0.15) is 12.2 Å². The first kappa shape index (κ1) is 29.4. The number of nitrogens with zero attached hydrogens (tertiary/aromatic N) is 1. The number of ether oxygens (including phenoxy) is 4. The summed E-state index contributed by atoms with van der Waals surface area (Å²) in [5.41, 5.74) is 0.470. The number of imide groups is 1. The molecule has 0 saturated carbocycles. The van der Waals surface area contributed by atoms with E-state index in [9.17, 15) is 19.5 Å². The van der Waals surface area contributed by atoms with Crippen LogP contribution in [0.15, 0.2) is 120 Å². The third kappa shape index (κ3) is 5.54. The maximum atomic E-state index is 13.6. The van der Waals surface area contributed by atoms with Crippen molar-refractivity contribution in [2.75, 3.05) is 6.61 Å². The zero-order chi connectivity index (χ0) is 31.0. The van der Waals surface area contributed by atoms with Crippen LogP contribution in [0.2, 0.25) is 0 Å². The number of benzene rings is 4. The second kappa shape index (κ2) is 12.2. The predicted octanol–water partition coefficient (Wildman–Crippen LogP) is 4.33. The quantitative estimate of drug-likeness (QED) is 0.175. The lowest BCUT2D eigenvalue weighted by atomic mass is 9.93. The maximum Gasteiger partial charge on any atom is 0.338 e. The van der Waals surface area contributed by atoms with E-state index in [0.29, 0.717) is 5.56 Å². The molecule has 0 bridgehead atoms. The monoisotopic (exact) mass is 624 g/mol. The highest BCUT2D eigenvalue weighted by Gasteiger charge is 2.62. The van der Waals surface area contributed by atoms with Crippen molar-refractivity contribution in [3.05, 3.63) is 138 Å². The molecule has 3 aliphatic heterocycles. The number of fused-ring (bicyclic) bond motifs is 2. The van der Waals surface area contributed by atoms with Gasteiger partial charge in [-0.05, 0) is 36.4 Å². The molecule has 0 radical (unpaired) electrons. The highest BCUT2D eigenvalue weighted by atomic mass is 32.2. The Bertz CT molecular complexity index is 1670. The summed E-state index contributed by atoms with van der Waals surface area (Å²) >= 11 is 1.13. The molecule has 10 nitrogen and oxygen atoms in total. The van der Waals surface area contributed by atoms with Gasteiger partial charge in [-0.1, -0.05) is 90.6 Å². The van der Waals surface area contributed by atoms with Crippen molar-refractivity contribution < 1.29 is 38.4 Å². The smallest absolute Gasteiger partial charge is 0.338 e. The average Bonchev–Trinajstić information content (AvgIpc) is 3.32. The van der Waals surface area contributed by atoms with Crippen molar-refractivity contribution in [2.45, 2.75) is 40.7 Å². The molecule has 7 rings (SSSR count). The van der Waals surface area contributed by atoms with Crippen LogP contribution in [-0.4, -0.2) is 64.0 Å². The number of aliphatic hydroxyl groups is 1. The molecule has 45 heavy (non-hydrogen) atoms. The Kier molecular flexibility index (Phi) is 7.96. The van der Waals surface area contributed by atoms with Gasteiger partial charge in [-0.15, -0.1) is 0 Å². The van der Waals surface area contributed by atoms with Gasteiger partial charge in [-0.2, -0.15) is 5.43 Å². The number of hydrazine groups is 1. The minimum Gasteiger partial charge on any atom is -0.451 e. The van der Waals surface area contributed by atoms with Crippen molar-refractivity contribution in [3.63, 3.8) is 0 Å². The lowest BCUT2D eigenvalue weighted by Gasteiger charge is -2.53. The van der Waals surface area contributed by atoms with Gasteiger partial charge in [-0.3, -0.25) is 9.59 Å². The highest BCUT2D eigenvalue weighted by molar-refractivity contribution is 7.99. The normalized spacial score (nSPS) is 27.5. The fourth-order valence-corrected chi connectivity index (χ4v) is 6.73. The van der Waals surface area contributed by atoms with Crippen molar-refractivity contribution in [3.8, 4) is 0 Å². The summed E-state index contributed by atoms with van der Waals surface area (Å²) in [7, 11) is 0. The number of hydrogen-bond acceptors (Lipinski definition) is 10. The Morgan fingerprint density at radius 1 is 0.822 bits per heavy atom. The van der Waals surface area contributed by atoms with Gasteiger partial charge in [0.05, 0.1) is 23.3 Å². The molecule has 6 atom stereocenters. The lowest BCUT2D eigenvalue weighted by Crippen LogP contribution is -2.76. The molecule has 2 fully saturated rings. The predicted molar refractivity (Wildman–Crippen MR) is 162 cm³/mol. The minimum atomic E-state index is -2.36. The Labute approximate surface area is 262 Å². The molecule has 1 unspecified atom stereocenters. The fourth-order valence-electron chi connectivity index (χ4n) is 5.60. The molecule has 2 saturated heterocycles. The second-order valence-electron chi connectivity index (χ2n) is 10.7. The third-order valence-corrected chi connectivity index (χ3v) is 9.06. The summed E-state index contributed by atoms with van der Waals surface area (Å²) in [6, 6.07) is 33.0. The topological polar surface area (TPSA) is 124 Å². The molecule has 3 aliphatic rings. The maximum absolute atomic E-state index is 13.6. The molecular formula is C34H28N2O8S. The van der Waals surface area contributed by atoms with E-state index in [4.69, 9.17) is 18.9 Å². The molecule has 2 amide bonds. The van der Waals surface area contributed by atoms with E-state index in [2.05, 4.69) is 5.43 Å². The van der Waals surface area contributed by atoms with Crippen molar-refractivity contribution in [2.24, 2.45) is 0 Å². The Hall–Kier alpha value is -4.36. The van der Waals surface area contributed by atoms with Gasteiger partial charge in [0, 0.05) is 10.5 Å². The van der Waals surface area contributed by atoms with Gasteiger partial charge < -0.3 is 24.1 Å². The van der Waals surface area contributed by atoms with Crippen molar-refractivity contribution >= 4 is 29.5 Å². The molecule has 228 valence electrons. The lowest BCUT2D eigenvalue weighted by molar-refractivity contribution is -0.344. The van der Waals surface area contributed by atoms with E-state index >= 15 is 0 Å². The molecule has 0 spiro atoms. The molecular weight excluding hydrogens is 596 g/mol. The number of hydrogen-bond donors (Lipinski definition) is 2. The van der Waals surface area contributed by atoms with E-state index in [-0.39, 0.29) is 23.3 Å². The first-order valence-corrected chi connectivity index (χ1v) is 15.2. The van der Waals surface area contributed by atoms with Crippen molar-refractivity contribution in [1.82, 2.24) is 10.4 Å². The zero-order valence-electron chi connectivity index (χ0n) is 23.7. The zero-order valence-corrected chi connectivity index (χ0v) is 24.5. The van der Waals surface area contributed by atoms with E-state index < -0.39 is 53.5 Å². The molecule has 4 aromatic carbocycles. The van der Waals surface area contributed by atoms with Crippen molar-refractivity contribution in [1.29, 1.82) is 0 Å². The standard InChI is InChI=1S/C34H28N2O8S/c37-29-24-18-10-11-19-25(24)30(38)36(29)35-34(40)28(44-31(39)21-12-4-1-5-13-21)27-26(42-33(34)45-23-16-8-3-9-17-23)20-41-32(43-27)22-14-6-2-7-15-22/h1-19,26-28,32-33,35,40H,20H2/t26-,27-,28+,32?,33+,34-/m1/s1. The van der Waals surface area contributed by atoms with Gasteiger partial charge in [0.15, 0.2) is 17.8 Å². The Balaban J connectivity index is 1.30. The van der Waals surface area contributed by atoms with E-state index in [0.717, 1.165) is 21.7 Å². The number of nitrogens with one attached hydrogen (secondary N) is 1. The molecule has 3 heterocycles. The van der Waals surface area contributed by atoms with Crippen LogP contribution in [0.25, 0.3) is 0 Å². The molecule has 11 heteroatoms.